The van der Waals surface area contributed by atoms with Crippen LogP contribution in [-0.4, -0.2) is 50.4 Å². The predicted molar refractivity (Wildman–Crippen MR) is 129 cm³/mol. The summed E-state index contributed by atoms with van der Waals surface area (Å²) in [6.45, 7) is 3.88. The molecule has 2 amide bonds. The fraction of sp³-hybridized carbons (Fsp3) is 0.269. The number of halogens is 1. The van der Waals surface area contributed by atoms with E-state index < -0.39 is 0 Å². The molecular weight excluding hydrogens is 435 g/mol. The van der Waals surface area contributed by atoms with Crippen LogP contribution in [0.2, 0.25) is 0 Å². The van der Waals surface area contributed by atoms with Gasteiger partial charge in [0, 0.05) is 44.1 Å². The second-order valence-corrected chi connectivity index (χ2v) is 8.33. The molecule has 1 atom stereocenters. The number of nitrogens with zero attached hydrogens (tertiary/aromatic N) is 2. The molecule has 2 N–H and O–H groups in total. The number of piperazine rings is 1. The van der Waals surface area contributed by atoms with Crippen molar-refractivity contribution in [3.05, 3.63) is 84.2 Å². The lowest BCUT2D eigenvalue weighted by Crippen LogP contribution is -2.50. The van der Waals surface area contributed by atoms with Crippen LogP contribution >= 0.6 is 0 Å². The van der Waals surface area contributed by atoms with Crippen molar-refractivity contribution in [1.29, 1.82) is 0 Å². The monoisotopic (exact) mass is 462 g/mol. The minimum Gasteiger partial charge on any atom is -0.454 e. The van der Waals surface area contributed by atoms with E-state index >= 15 is 0 Å². The highest BCUT2D eigenvalue weighted by molar-refractivity contribution is 5.89. The van der Waals surface area contributed by atoms with E-state index in [0.717, 1.165) is 54.6 Å². The molecule has 176 valence electrons. The van der Waals surface area contributed by atoms with Crippen molar-refractivity contribution >= 4 is 17.4 Å². The maximum Gasteiger partial charge on any atom is 0.319 e. The standard InChI is InChI=1S/C26H27FN4O3/c27-20-7-9-22(10-8-20)30-12-14-31(15-13-30)23(19-6-11-24-25(16-19)34-18-33-24)17-28-26(32)29-21-4-2-1-3-5-21/h1-11,16,23H,12-15,17-18H2,(H2,28,29,32)/t23-/m0/s1. The summed E-state index contributed by atoms with van der Waals surface area (Å²) in [7, 11) is 0. The Morgan fingerprint density at radius 2 is 1.65 bits per heavy atom. The number of amides is 2. The summed E-state index contributed by atoms with van der Waals surface area (Å²) in [4.78, 5) is 17.2. The number of ether oxygens (including phenoxy) is 2. The van der Waals surface area contributed by atoms with Crippen LogP contribution in [0.25, 0.3) is 0 Å². The molecule has 0 saturated carbocycles. The van der Waals surface area contributed by atoms with Crippen molar-refractivity contribution in [2.75, 3.05) is 49.7 Å². The van der Waals surface area contributed by atoms with Crippen LogP contribution in [0.5, 0.6) is 11.5 Å². The first-order valence-corrected chi connectivity index (χ1v) is 11.4. The topological polar surface area (TPSA) is 66.1 Å². The first-order valence-electron chi connectivity index (χ1n) is 11.4. The Bertz CT molecular complexity index is 1120. The van der Waals surface area contributed by atoms with E-state index in [1.54, 1.807) is 0 Å². The number of urea groups is 1. The highest BCUT2D eigenvalue weighted by Crippen LogP contribution is 2.35. The first kappa shape index (κ1) is 22.0. The molecule has 3 aromatic carbocycles. The van der Waals surface area contributed by atoms with Crippen molar-refractivity contribution in [3.8, 4) is 11.5 Å². The zero-order valence-electron chi connectivity index (χ0n) is 18.7. The molecule has 2 aliphatic heterocycles. The van der Waals surface area contributed by atoms with Gasteiger partial charge in [-0.15, -0.1) is 0 Å². The van der Waals surface area contributed by atoms with Crippen LogP contribution in [0.15, 0.2) is 72.8 Å². The summed E-state index contributed by atoms with van der Waals surface area (Å²) >= 11 is 0. The molecule has 1 fully saturated rings. The van der Waals surface area contributed by atoms with Gasteiger partial charge in [-0.05, 0) is 54.1 Å². The van der Waals surface area contributed by atoms with Gasteiger partial charge in [-0.2, -0.15) is 0 Å². The van der Waals surface area contributed by atoms with Crippen LogP contribution in [-0.2, 0) is 0 Å². The van der Waals surface area contributed by atoms with E-state index in [4.69, 9.17) is 9.47 Å². The number of anilines is 2. The summed E-state index contributed by atoms with van der Waals surface area (Å²) in [6.07, 6.45) is 0. The van der Waals surface area contributed by atoms with Gasteiger partial charge in [0.1, 0.15) is 5.82 Å². The van der Waals surface area contributed by atoms with Gasteiger partial charge in [0.2, 0.25) is 6.79 Å². The quantitative estimate of drug-likeness (QED) is 0.574. The van der Waals surface area contributed by atoms with Crippen LogP contribution in [0.1, 0.15) is 11.6 Å². The van der Waals surface area contributed by atoms with Gasteiger partial charge in [-0.25, -0.2) is 9.18 Å². The van der Waals surface area contributed by atoms with Crippen LogP contribution in [0, 0.1) is 5.82 Å². The minimum atomic E-state index is -0.248. The molecule has 0 bridgehead atoms. The van der Waals surface area contributed by atoms with Gasteiger partial charge in [0.05, 0.1) is 6.04 Å². The molecule has 34 heavy (non-hydrogen) atoms. The van der Waals surface area contributed by atoms with Crippen molar-refractivity contribution < 1.29 is 18.7 Å². The number of para-hydroxylation sites is 1. The number of benzene rings is 3. The maximum atomic E-state index is 13.3. The van der Waals surface area contributed by atoms with Crippen molar-refractivity contribution in [2.45, 2.75) is 6.04 Å². The molecule has 2 aliphatic rings. The fourth-order valence-corrected chi connectivity index (χ4v) is 4.41. The van der Waals surface area contributed by atoms with E-state index in [2.05, 4.69) is 20.4 Å². The second kappa shape index (κ2) is 10.0. The zero-order chi connectivity index (χ0) is 23.3. The molecule has 0 radical (unpaired) electrons. The van der Waals surface area contributed by atoms with E-state index in [9.17, 15) is 9.18 Å². The van der Waals surface area contributed by atoms with E-state index in [0.29, 0.717) is 6.54 Å². The lowest BCUT2D eigenvalue weighted by atomic mass is 10.0. The van der Waals surface area contributed by atoms with Gasteiger partial charge in [0.25, 0.3) is 0 Å². The Labute approximate surface area is 198 Å². The molecule has 2 heterocycles. The van der Waals surface area contributed by atoms with Gasteiger partial charge in [-0.1, -0.05) is 24.3 Å². The molecule has 5 rings (SSSR count). The Hall–Kier alpha value is -3.78. The number of fused-ring (bicyclic) bond motifs is 1. The minimum absolute atomic E-state index is 0.0357. The third kappa shape index (κ3) is 5.07. The molecule has 3 aromatic rings. The Balaban J connectivity index is 1.28. The molecule has 7 nitrogen and oxygen atoms in total. The number of carbonyl (C=O) groups excluding carboxylic acids is 1. The summed E-state index contributed by atoms with van der Waals surface area (Å²) < 4.78 is 24.4. The van der Waals surface area contributed by atoms with Crippen molar-refractivity contribution in [3.63, 3.8) is 0 Å². The van der Waals surface area contributed by atoms with Gasteiger partial charge >= 0.3 is 6.03 Å². The lowest BCUT2D eigenvalue weighted by molar-refractivity contribution is 0.173. The molecule has 0 aromatic heterocycles. The summed E-state index contributed by atoms with van der Waals surface area (Å²) in [6, 6.07) is 21.6. The Kier molecular flexibility index (Phi) is 6.49. The SMILES string of the molecule is O=C(NC[C@@H](c1ccc2c(c1)OCO2)N1CCN(c2ccc(F)cc2)CC1)Nc1ccccc1. The first-order chi connectivity index (χ1) is 16.7. The summed E-state index contributed by atoms with van der Waals surface area (Å²) in [5, 5.41) is 5.90. The smallest absolute Gasteiger partial charge is 0.319 e. The number of hydrogen-bond donors (Lipinski definition) is 2. The highest BCUT2D eigenvalue weighted by Gasteiger charge is 2.27. The number of rotatable bonds is 6. The average Bonchev–Trinajstić information content (AvgIpc) is 3.34. The molecule has 1 saturated heterocycles. The largest absolute Gasteiger partial charge is 0.454 e. The van der Waals surface area contributed by atoms with E-state index in [-0.39, 0.29) is 24.7 Å². The maximum absolute atomic E-state index is 13.3. The number of hydrogen-bond acceptors (Lipinski definition) is 5. The van der Waals surface area contributed by atoms with Crippen LogP contribution in [0.3, 0.4) is 0 Å². The lowest BCUT2D eigenvalue weighted by Gasteiger charge is -2.40. The second-order valence-electron chi connectivity index (χ2n) is 8.33. The predicted octanol–water partition coefficient (Wildman–Crippen LogP) is 4.24. The average molecular weight is 463 g/mol. The molecule has 0 unspecified atom stereocenters. The van der Waals surface area contributed by atoms with E-state index in [1.807, 2.05) is 60.7 Å². The molecule has 8 heteroatoms. The Morgan fingerprint density at radius 3 is 2.41 bits per heavy atom. The normalized spacial score (nSPS) is 16.2. The Morgan fingerprint density at radius 1 is 0.912 bits per heavy atom. The van der Waals surface area contributed by atoms with Crippen LogP contribution < -0.4 is 25.0 Å². The van der Waals surface area contributed by atoms with Gasteiger partial charge < -0.3 is 25.0 Å². The summed E-state index contributed by atoms with van der Waals surface area (Å²) in [5.74, 6) is 1.23. The summed E-state index contributed by atoms with van der Waals surface area (Å²) in [5.41, 5.74) is 2.81. The number of carbonyl (C=O) groups is 1. The molecular formula is C26H27FN4O3. The van der Waals surface area contributed by atoms with Crippen molar-refractivity contribution in [2.24, 2.45) is 0 Å². The highest BCUT2D eigenvalue weighted by atomic mass is 19.1. The zero-order valence-corrected chi connectivity index (χ0v) is 18.7. The molecule has 0 aliphatic carbocycles. The molecule has 0 spiro atoms. The third-order valence-corrected chi connectivity index (χ3v) is 6.22. The third-order valence-electron chi connectivity index (χ3n) is 6.22. The number of nitrogens with one attached hydrogen (secondary N) is 2. The van der Waals surface area contributed by atoms with Gasteiger partial charge in [0.15, 0.2) is 11.5 Å². The van der Waals surface area contributed by atoms with Gasteiger partial charge in [-0.3, -0.25) is 4.90 Å². The van der Waals surface area contributed by atoms with Crippen molar-refractivity contribution in [1.82, 2.24) is 10.2 Å². The fourth-order valence-electron chi connectivity index (χ4n) is 4.41. The van der Waals surface area contributed by atoms with Crippen LogP contribution in [0.4, 0.5) is 20.6 Å². The van der Waals surface area contributed by atoms with E-state index in [1.165, 1.54) is 12.1 Å².